The number of hydrogen-bond acceptors (Lipinski definition) is 5. The van der Waals surface area contributed by atoms with Crippen LogP contribution in [-0.4, -0.2) is 33.5 Å². The minimum absolute atomic E-state index is 0.136. The lowest BCUT2D eigenvalue weighted by Gasteiger charge is -2.10. The average molecular weight is 347 g/mol. The predicted octanol–water partition coefficient (Wildman–Crippen LogP) is 2.70. The number of hydrogen-bond donors (Lipinski definition) is 0. The normalized spacial score (nSPS) is 10.2. The van der Waals surface area contributed by atoms with E-state index in [4.69, 9.17) is 10.00 Å². The zero-order valence-corrected chi connectivity index (χ0v) is 15.0. The van der Waals surface area contributed by atoms with E-state index < -0.39 is 32.1 Å². The molecule has 0 aliphatic carbocycles. The van der Waals surface area contributed by atoms with Gasteiger partial charge in [-0.2, -0.15) is 5.26 Å². The van der Waals surface area contributed by atoms with E-state index in [0.29, 0.717) is 0 Å². The minimum atomic E-state index is -1.71. The molecule has 0 fully saturated rings. The number of esters is 1. The SMILES string of the molecule is COC(=O)CC(=O)c1cc(OCC#N)c(C#C[Si](C)(C)C)cc1F. The van der Waals surface area contributed by atoms with Crippen molar-refractivity contribution in [3.05, 3.63) is 29.1 Å². The molecule has 0 unspecified atom stereocenters. The molecular formula is C17H18FNO4Si. The predicted molar refractivity (Wildman–Crippen MR) is 88.7 cm³/mol. The van der Waals surface area contributed by atoms with Crippen LogP contribution in [0.5, 0.6) is 5.75 Å². The molecule has 0 N–H and O–H groups in total. The Bertz CT molecular complexity index is 751. The molecule has 24 heavy (non-hydrogen) atoms. The maximum atomic E-state index is 14.2. The van der Waals surface area contributed by atoms with Gasteiger partial charge in [-0.05, 0) is 12.1 Å². The van der Waals surface area contributed by atoms with Gasteiger partial charge in [-0.1, -0.05) is 25.6 Å². The van der Waals surface area contributed by atoms with Gasteiger partial charge in [0.2, 0.25) is 0 Å². The molecule has 1 rings (SSSR count). The van der Waals surface area contributed by atoms with Crippen molar-refractivity contribution in [1.82, 2.24) is 0 Å². The monoisotopic (exact) mass is 347 g/mol. The van der Waals surface area contributed by atoms with E-state index >= 15 is 0 Å². The third-order valence-electron chi connectivity index (χ3n) is 2.77. The van der Waals surface area contributed by atoms with Crippen LogP contribution in [0, 0.1) is 28.6 Å². The highest BCUT2D eigenvalue weighted by Crippen LogP contribution is 2.24. The van der Waals surface area contributed by atoms with Crippen molar-refractivity contribution in [2.24, 2.45) is 0 Å². The second kappa shape index (κ2) is 8.28. The number of Topliss-reactive ketones (excluding diaryl/α,β-unsaturated/α-hetero) is 1. The van der Waals surface area contributed by atoms with Crippen molar-refractivity contribution in [3.63, 3.8) is 0 Å². The Morgan fingerprint density at radius 3 is 2.50 bits per heavy atom. The zero-order chi connectivity index (χ0) is 18.3. The molecule has 5 nitrogen and oxygen atoms in total. The Morgan fingerprint density at radius 1 is 1.29 bits per heavy atom. The van der Waals surface area contributed by atoms with E-state index in [1.165, 1.54) is 6.07 Å². The first-order valence-corrected chi connectivity index (χ1v) is 10.6. The van der Waals surface area contributed by atoms with Gasteiger partial charge in [0.1, 0.15) is 32.1 Å². The first-order valence-electron chi connectivity index (χ1n) is 7.14. The number of ether oxygens (including phenoxy) is 2. The summed E-state index contributed by atoms with van der Waals surface area (Å²) in [4.78, 5) is 23.2. The molecule has 0 aliphatic heterocycles. The number of carbonyl (C=O) groups is 2. The molecule has 1 aromatic rings. The number of carbonyl (C=O) groups excluding carboxylic acids is 2. The standard InChI is InChI=1S/C17H18FNO4Si/c1-22-17(21)11-15(20)13-10-16(23-7-6-19)12(9-14(13)18)5-8-24(2,3)4/h9-10H,7,11H2,1-4H3. The summed E-state index contributed by atoms with van der Waals surface area (Å²) in [6.45, 7) is 5.82. The fourth-order valence-electron chi connectivity index (χ4n) is 1.65. The summed E-state index contributed by atoms with van der Waals surface area (Å²) in [5.74, 6) is 0.700. The molecule has 0 saturated carbocycles. The first-order chi connectivity index (χ1) is 11.2. The van der Waals surface area contributed by atoms with Crippen LogP contribution in [0.15, 0.2) is 12.1 Å². The first kappa shape index (κ1) is 19.4. The van der Waals surface area contributed by atoms with E-state index in [-0.39, 0.29) is 23.5 Å². The molecule has 0 aliphatic rings. The molecule has 0 amide bonds. The quantitative estimate of drug-likeness (QED) is 0.269. The second-order valence-corrected chi connectivity index (χ2v) is 10.7. The summed E-state index contributed by atoms with van der Waals surface area (Å²) < 4.78 is 23.9. The van der Waals surface area contributed by atoms with Crippen LogP contribution in [0.25, 0.3) is 0 Å². The molecule has 126 valence electrons. The van der Waals surface area contributed by atoms with Crippen LogP contribution in [0.4, 0.5) is 4.39 Å². The van der Waals surface area contributed by atoms with Crippen molar-refractivity contribution in [2.45, 2.75) is 26.1 Å². The van der Waals surface area contributed by atoms with Gasteiger partial charge in [-0.15, -0.1) is 5.54 Å². The van der Waals surface area contributed by atoms with E-state index in [9.17, 15) is 14.0 Å². The van der Waals surface area contributed by atoms with E-state index in [1.807, 2.05) is 19.6 Å². The van der Waals surface area contributed by atoms with Crippen molar-refractivity contribution in [2.75, 3.05) is 13.7 Å². The highest BCUT2D eigenvalue weighted by molar-refractivity contribution is 6.83. The second-order valence-electron chi connectivity index (χ2n) is 5.95. The van der Waals surface area contributed by atoms with Gasteiger partial charge in [0.05, 0.1) is 18.2 Å². The molecule has 7 heteroatoms. The molecule has 0 saturated heterocycles. The van der Waals surface area contributed by atoms with E-state index in [1.54, 1.807) is 6.07 Å². The third kappa shape index (κ3) is 5.86. The molecule has 0 heterocycles. The van der Waals surface area contributed by atoms with Gasteiger partial charge in [0.15, 0.2) is 12.4 Å². The Balaban J connectivity index is 3.30. The Morgan fingerprint density at radius 2 is 1.96 bits per heavy atom. The van der Waals surface area contributed by atoms with Crippen LogP contribution >= 0.6 is 0 Å². The van der Waals surface area contributed by atoms with Gasteiger partial charge in [-0.3, -0.25) is 9.59 Å². The number of nitriles is 1. The minimum Gasteiger partial charge on any atom is -0.477 e. The summed E-state index contributed by atoms with van der Waals surface area (Å²) in [6, 6.07) is 4.07. The highest BCUT2D eigenvalue weighted by atomic mass is 28.3. The number of benzene rings is 1. The molecule has 0 spiro atoms. The van der Waals surface area contributed by atoms with Crippen molar-refractivity contribution in [3.8, 4) is 23.3 Å². The van der Waals surface area contributed by atoms with E-state index in [2.05, 4.69) is 16.2 Å². The lowest BCUT2D eigenvalue weighted by molar-refractivity contribution is -0.139. The van der Waals surface area contributed by atoms with Gasteiger partial charge < -0.3 is 9.47 Å². The summed E-state index contributed by atoms with van der Waals surface area (Å²) in [5, 5.41) is 8.66. The van der Waals surface area contributed by atoms with Crippen LogP contribution in [0.1, 0.15) is 22.3 Å². The molecule has 0 atom stereocenters. The zero-order valence-electron chi connectivity index (χ0n) is 14.0. The lowest BCUT2D eigenvalue weighted by atomic mass is 10.0. The van der Waals surface area contributed by atoms with Gasteiger partial charge >= 0.3 is 5.97 Å². The summed E-state index contributed by atoms with van der Waals surface area (Å²) in [7, 11) is -0.565. The summed E-state index contributed by atoms with van der Waals surface area (Å²) in [5.41, 5.74) is 3.04. The summed E-state index contributed by atoms with van der Waals surface area (Å²) >= 11 is 0. The smallest absolute Gasteiger partial charge is 0.313 e. The molecule has 0 radical (unpaired) electrons. The van der Waals surface area contributed by atoms with Gasteiger partial charge in [0.25, 0.3) is 0 Å². The average Bonchev–Trinajstić information content (AvgIpc) is 2.50. The Hall–Kier alpha value is -2.64. The third-order valence-corrected chi connectivity index (χ3v) is 3.64. The van der Waals surface area contributed by atoms with E-state index in [0.717, 1.165) is 13.2 Å². The maximum absolute atomic E-state index is 14.2. The number of methoxy groups -OCH3 is 1. The van der Waals surface area contributed by atoms with Crippen molar-refractivity contribution < 1.29 is 23.5 Å². The lowest BCUT2D eigenvalue weighted by Crippen LogP contribution is -2.16. The molecule has 1 aromatic carbocycles. The van der Waals surface area contributed by atoms with Crippen LogP contribution in [0.2, 0.25) is 19.6 Å². The Labute approximate surface area is 141 Å². The van der Waals surface area contributed by atoms with Crippen LogP contribution in [-0.2, 0) is 9.53 Å². The molecule has 0 bridgehead atoms. The number of ketones is 1. The van der Waals surface area contributed by atoms with Crippen molar-refractivity contribution >= 4 is 19.8 Å². The van der Waals surface area contributed by atoms with Crippen LogP contribution in [0.3, 0.4) is 0 Å². The fourth-order valence-corrected chi connectivity index (χ4v) is 2.16. The largest absolute Gasteiger partial charge is 0.477 e. The fraction of sp³-hybridized carbons (Fsp3) is 0.353. The maximum Gasteiger partial charge on any atom is 0.313 e. The molecular weight excluding hydrogens is 329 g/mol. The van der Waals surface area contributed by atoms with Gasteiger partial charge in [-0.25, -0.2) is 4.39 Å². The number of rotatable bonds is 5. The van der Waals surface area contributed by atoms with Crippen molar-refractivity contribution in [1.29, 1.82) is 5.26 Å². The topological polar surface area (TPSA) is 76.4 Å². The number of nitrogens with zero attached hydrogens (tertiary/aromatic N) is 1. The molecule has 0 aromatic heterocycles. The Kier molecular flexibility index (Phi) is 6.69. The summed E-state index contributed by atoms with van der Waals surface area (Å²) in [6.07, 6.45) is -0.578. The highest BCUT2D eigenvalue weighted by Gasteiger charge is 2.19. The number of halogens is 1. The van der Waals surface area contributed by atoms with Gasteiger partial charge in [0, 0.05) is 0 Å². The van der Waals surface area contributed by atoms with Crippen LogP contribution < -0.4 is 4.74 Å².